The fraction of sp³-hybridized carbons (Fsp3) is 0.0625. The van der Waals surface area contributed by atoms with Gasteiger partial charge in [-0.2, -0.15) is 0 Å². The van der Waals surface area contributed by atoms with E-state index in [9.17, 15) is 0 Å². The molecule has 0 aliphatic heterocycles. The van der Waals surface area contributed by atoms with Crippen LogP contribution in [0.15, 0.2) is 57.6 Å². The first-order chi connectivity index (χ1) is 10.1. The van der Waals surface area contributed by atoms with Crippen molar-refractivity contribution in [2.24, 2.45) is 0 Å². The van der Waals surface area contributed by atoms with E-state index in [1.54, 1.807) is 6.20 Å². The number of hydrogen-bond acceptors (Lipinski definition) is 2. The molecule has 0 saturated carbocycles. The van der Waals surface area contributed by atoms with Crippen molar-refractivity contribution in [1.29, 1.82) is 0 Å². The zero-order valence-corrected chi connectivity index (χ0v) is 14.8. The van der Waals surface area contributed by atoms with Crippen molar-refractivity contribution in [3.8, 4) is 0 Å². The molecule has 3 rings (SSSR count). The number of nitrogens with zero attached hydrogens (tertiary/aromatic N) is 1. The average molecular weight is 427 g/mol. The number of hydrogen-bond donors (Lipinski definition) is 1. The molecular formula is C16H11Br2ClN2. The van der Waals surface area contributed by atoms with Crippen molar-refractivity contribution in [2.45, 2.75) is 6.54 Å². The lowest BCUT2D eigenvalue weighted by molar-refractivity contribution is 1.15. The van der Waals surface area contributed by atoms with E-state index in [2.05, 4.69) is 54.3 Å². The van der Waals surface area contributed by atoms with Crippen molar-refractivity contribution < 1.29 is 0 Å². The number of fused-ring (bicyclic) bond motifs is 1. The summed E-state index contributed by atoms with van der Waals surface area (Å²) in [5.74, 6) is 0. The molecule has 3 aromatic rings. The van der Waals surface area contributed by atoms with E-state index in [1.165, 1.54) is 5.56 Å². The molecule has 1 heterocycles. The van der Waals surface area contributed by atoms with Crippen LogP contribution in [0, 0.1) is 0 Å². The normalized spacial score (nSPS) is 10.8. The Bertz CT molecular complexity index is 805. The van der Waals surface area contributed by atoms with E-state index < -0.39 is 0 Å². The van der Waals surface area contributed by atoms with Crippen molar-refractivity contribution in [3.05, 3.63) is 68.2 Å². The second-order valence-electron chi connectivity index (χ2n) is 4.60. The third kappa shape index (κ3) is 3.23. The lowest BCUT2D eigenvalue weighted by atomic mass is 10.1. The molecule has 5 heteroatoms. The van der Waals surface area contributed by atoms with Crippen LogP contribution in [-0.4, -0.2) is 4.98 Å². The van der Waals surface area contributed by atoms with Crippen LogP contribution in [0.3, 0.4) is 0 Å². The molecule has 0 bridgehead atoms. The Morgan fingerprint density at radius 1 is 1.05 bits per heavy atom. The molecule has 0 radical (unpaired) electrons. The van der Waals surface area contributed by atoms with E-state index in [1.807, 2.05) is 30.3 Å². The van der Waals surface area contributed by atoms with Gasteiger partial charge in [0.1, 0.15) is 0 Å². The Hall–Kier alpha value is -1.10. The minimum Gasteiger partial charge on any atom is -0.380 e. The van der Waals surface area contributed by atoms with Crippen LogP contribution >= 0.6 is 43.5 Å². The molecule has 106 valence electrons. The van der Waals surface area contributed by atoms with Gasteiger partial charge in [0.2, 0.25) is 0 Å². The van der Waals surface area contributed by atoms with Gasteiger partial charge in [-0.1, -0.05) is 17.7 Å². The second-order valence-corrected chi connectivity index (χ2v) is 6.71. The molecule has 0 aliphatic carbocycles. The van der Waals surface area contributed by atoms with Crippen LogP contribution in [0.1, 0.15) is 5.56 Å². The third-order valence-corrected chi connectivity index (χ3v) is 5.37. The summed E-state index contributed by atoms with van der Waals surface area (Å²) in [6.45, 7) is 0.734. The molecule has 0 unspecified atom stereocenters. The van der Waals surface area contributed by atoms with Gasteiger partial charge in [-0.3, -0.25) is 4.98 Å². The molecule has 21 heavy (non-hydrogen) atoms. The molecular weight excluding hydrogens is 415 g/mol. The highest BCUT2D eigenvalue weighted by atomic mass is 79.9. The van der Waals surface area contributed by atoms with Gasteiger partial charge in [0.15, 0.2) is 0 Å². The van der Waals surface area contributed by atoms with Gasteiger partial charge in [-0.25, -0.2) is 0 Å². The van der Waals surface area contributed by atoms with Crippen LogP contribution in [0.5, 0.6) is 0 Å². The topological polar surface area (TPSA) is 24.9 Å². The fourth-order valence-corrected chi connectivity index (χ4v) is 3.03. The largest absolute Gasteiger partial charge is 0.380 e. The van der Waals surface area contributed by atoms with Crippen molar-refractivity contribution in [1.82, 2.24) is 4.98 Å². The maximum Gasteiger partial charge on any atom is 0.0908 e. The molecule has 0 saturated heterocycles. The predicted octanol–water partition coefficient (Wildman–Crippen LogP) is 6.03. The highest BCUT2D eigenvalue weighted by Gasteiger charge is 2.05. The summed E-state index contributed by atoms with van der Waals surface area (Å²) in [6.07, 6.45) is 1.75. The predicted molar refractivity (Wildman–Crippen MR) is 95.9 cm³/mol. The maximum atomic E-state index is 6.18. The summed E-state index contributed by atoms with van der Waals surface area (Å²) < 4.78 is 2.09. The van der Waals surface area contributed by atoms with Crippen LogP contribution < -0.4 is 5.32 Å². The molecule has 0 aliphatic rings. The molecule has 0 fully saturated rings. The molecule has 0 atom stereocenters. The van der Waals surface area contributed by atoms with Gasteiger partial charge in [-0.05, 0) is 73.8 Å². The number of rotatable bonds is 3. The van der Waals surface area contributed by atoms with E-state index in [0.717, 1.165) is 32.1 Å². The molecule has 2 aromatic carbocycles. The number of pyridine rings is 1. The monoisotopic (exact) mass is 424 g/mol. The Morgan fingerprint density at radius 2 is 1.90 bits per heavy atom. The third-order valence-electron chi connectivity index (χ3n) is 3.19. The molecule has 1 aromatic heterocycles. The molecule has 2 nitrogen and oxygen atoms in total. The van der Waals surface area contributed by atoms with E-state index >= 15 is 0 Å². The number of benzene rings is 2. The van der Waals surface area contributed by atoms with Crippen LogP contribution in [0.4, 0.5) is 5.69 Å². The first kappa shape index (κ1) is 14.8. The molecule has 1 N–H and O–H groups in total. The van der Waals surface area contributed by atoms with Gasteiger partial charge in [0.05, 0.1) is 10.5 Å². The number of anilines is 1. The highest BCUT2D eigenvalue weighted by Crippen LogP contribution is 2.29. The zero-order valence-electron chi connectivity index (χ0n) is 10.9. The Labute approximate surface area is 144 Å². The Kier molecular flexibility index (Phi) is 4.48. The minimum atomic E-state index is 0.669. The van der Waals surface area contributed by atoms with Gasteiger partial charge >= 0.3 is 0 Å². The van der Waals surface area contributed by atoms with Gasteiger partial charge < -0.3 is 5.32 Å². The number of nitrogens with one attached hydrogen (secondary N) is 1. The Balaban J connectivity index is 1.88. The van der Waals surface area contributed by atoms with E-state index in [-0.39, 0.29) is 0 Å². The fourth-order valence-electron chi connectivity index (χ4n) is 2.14. The summed E-state index contributed by atoms with van der Waals surface area (Å²) in [7, 11) is 0. The van der Waals surface area contributed by atoms with Crippen molar-refractivity contribution in [2.75, 3.05) is 5.32 Å². The summed E-state index contributed by atoms with van der Waals surface area (Å²) in [5, 5.41) is 5.14. The standard InChI is InChI=1S/C16H11Br2ClN2/c17-12-4-3-10(8-13(12)18)9-21-15-6-5-14(19)16-11(15)2-1-7-20-16/h1-8,21H,9H2. The second kappa shape index (κ2) is 6.34. The summed E-state index contributed by atoms with van der Waals surface area (Å²) in [6, 6.07) is 14.0. The first-order valence-corrected chi connectivity index (χ1v) is 8.32. The van der Waals surface area contributed by atoms with Crippen molar-refractivity contribution in [3.63, 3.8) is 0 Å². The van der Waals surface area contributed by atoms with Crippen LogP contribution in [-0.2, 0) is 6.54 Å². The maximum absolute atomic E-state index is 6.18. The zero-order chi connectivity index (χ0) is 14.8. The van der Waals surface area contributed by atoms with E-state index in [4.69, 9.17) is 11.6 Å². The average Bonchev–Trinajstić information content (AvgIpc) is 2.50. The molecule has 0 amide bonds. The lowest BCUT2D eigenvalue weighted by Gasteiger charge is -2.11. The van der Waals surface area contributed by atoms with Gasteiger partial charge in [0.25, 0.3) is 0 Å². The van der Waals surface area contributed by atoms with Crippen LogP contribution in [0.2, 0.25) is 5.02 Å². The van der Waals surface area contributed by atoms with Gasteiger partial charge in [0, 0.05) is 32.8 Å². The first-order valence-electron chi connectivity index (χ1n) is 6.36. The quantitative estimate of drug-likeness (QED) is 0.553. The minimum absolute atomic E-state index is 0.669. The molecule has 0 spiro atoms. The Morgan fingerprint density at radius 3 is 2.71 bits per heavy atom. The number of halogens is 3. The van der Waals surface area contributed by atoms with Crippen molar-refractivity contribution >= 4 is 60.1 Å². The summed E-state index contributed by atoms with van der Waals surface area (Å²) in [4.78, 5) is 4.34. The number of aromatic nitrogens is 1. The smallest absolute Gasteiger partial charge is 0.0908 e. The summed E-state index contributed by atoms with van der Waals surface area (Å²) >= 11 is 13.2. The SMILES string of the molecule is Clc1ccc(NCc2ccc(Br)c(Br)c2)c2cccnc12. The highest BCUT2D eigenvalue weighted by molar-refractivity contribution is 9.13. The van der Waals surface area contributed by atoms with Gasteiger partial charge in [-0.15, -0.1) is 0 Å². The lowest BCUT2D eigenvalue weighted by Crippen LogP contribution is -2.00. The van der Waals surface area contributed by atoms with Crippen LogP contribution in [0.25, 0.3) is 10.9 Å². The van der Waals surface area contributed by atoms with E-state index in [0.29, 0.717) is 5.02 Å². The summed E-state index contributed by atoms with van der Waals surface area (Å²) in [5.41, 5.74) is 3.04.